The number of hydrogen-bond acceptors (Lipinski definition) is 4. The van der Waals surface area contributed by atoms with E-state index in [1.165, 1.54) is 0 Å². The summed E-state index contributed by atoms with van der Waals surface area (Å²) in [5.74, 6) is 0.884. The summed E-state index contributed by atoms with van der Waals surface area (Å²) in [6.07, 6.45) is 1.00. The van der Waals surface area contributed by atoms with Crippen LogP contribution in [-0.2, 0) is 4.74 Å². The minimum atomic E-state index is 0.416. The van der Waals surface area contributed by atoms with Crippen molar-refractivity contribution >= 4 is 11.4 Å². The van der Waals surface area contributed by atoms with Crippen LogP contribution in [0, 0.1) is 0 Å². The summed E-state index contributed by atoms with van der Waals surface area (Å²) in [4.78, 5) is 0. The zero-order valence-corrected chi connectivity index (χ0v) is 9.75. The average Bonchev–Trinajstić information content (AvgIpc) is 2.35. The molecule has 0 bridgehead atoms. The maximum Gasteiger partial charge on any atom is 0.144 e. The van der Waals surface area contributed by atoms with Gasteiger partial charge in [0, 0.05) is 26.3 Å². The molecule has 2 N–H and O–H groups in total. The zero-order chi connectivity index (χ0) is 11.4. The average molecular weight is 222 g/mol. The fourth-order valence-corrected chi connectivity index (χ4v) is 1.93. The molecule has 1 unspecified atom stereocenters. The Kier molecular flexibility index (Phi) is 3.51. The van der Waals surface area contributed by atoms with E-state index < -0.39 is 0 Å². The van der Waals surface area contributed by atoms with Crippen LogP contribution in [0.1, 0.15) is 6.42 Å². The van der Waals surface area contributed by atoms with Crippen LogP contribution in [0.4, 0.5) is 11.4 Å². The van der Waals surface area contributed by atoms with Crippen molar-refractivity contribution in [1.29, 1.82) is 0 Å². The van der Waals surface area contributed by atoms with Crippen molar-refractivity contribution in [3.63, 3.8) is 0 Å². The molecule has 0 saturated carbocycles. The molecule has 0 amide bonds. The van der Waals surface area contributed by atoms with Crippen LogP contribution in [0.15, 0.2) is 18.2 Å². The second kappa shape index (κ2) is 5.07. The van der Waals surface area contributed by atoms with Crippen molar-refractivity contribution in [2.24, 2.45) is 0 Å². The second-order valence-corrected chi connectivity index (χ2v) is 3.89. The van der Waals surface area contributed by atoms with Gasteiger partial charge >= 0.3 is 0 Å². The highest BCUT2D eigenvalue weighted by molar-refractivity contribution is 5.77. The van der Waals surface area contributed by atoms with Crippen LogP contribution in [0.25, 0.3) is 0 Å². The van der Waals surface area contributed by atoms with Crippen LogP contribution in [0.2, 0.25) is 0 Å². The molecule has 88 valence electrons. The first kappa shape index (κ1) is 11.1. The highest BCUT2D eigenvalue weighted by Crippen LogP contribution is 2.35. The van der Waals surface area contributed by atoms with Crippen molar-refractivity contribution < 1.29 is 9.47 Å². The molecule has 0 aromatic heterocycles. The lowest BCUT2D eigenvalue weighted by Gasteiger charge is -2.29. The van der Waals surface area contributed by atoms with Gasteiger partial charge in [0.15, 0.2) is 0 Å². The number of hydrogen-bond donors (Lipinski definition) is 2. The number of methoxy groups -OCH3 is 2. The van der Waals surface area contributed by atoms with E-state index in [-0.39, 0.29) is 0 Å². The van der Waals surface area contributed by atoms with Crippen molar-refractivity contribution in [2.45, 2.75) is 12.5 Å². The minimum absolute atomic E-state index is 0.416. The number of fused-ring (bicyclic) bond motifs is 1. The highest BCUT2D eigenvalue weighted by atomic mass is 16.5. The van der Waals surface area contributed by atoms with Crippen molar-refractivity contribution in [3.8, 4) is 5.75 Å². The summed E-state index contributed by atoms with van der Waals surface area (Å²) in [6.45, 7) is 1.68. The molecule has 0 spiro atoms. The Hall–Kier alpha value is -1.42. The third kappa shape index (κ3) is 2.22. The number of para-hydroxylation sites is 1. The lowest BCUT2D eigenvalue weighted by Crippen LogP contribution is -2.34. The van der Waals surface area contributed by atoms with E-state index in [9.17, 15) is 0 Å². The molecule has 0 fully saturated rings. The van der Waals surface area contributed by atoms with Gasteiger partial charge in [-0.25, -0.2) is 0 Å². The molecule has 4 heteroatoms. The monoisotopic (exact) mass is 222 g/mol. The molecular weight excluding hydrogens is 204 g/mol. The van der Waals surface area contributed by atoms with Crippen molar-refractivity contribution in [1.82, 2.24) is 0 Å². The van der Waals surface area contributed by atoms with Crippen LogP contribution in [-0.4, -0.2) is 33.4 Å². The number of nitrogens with one attached hydrogen (secondary N) is 2. The Morgan fingerprint density at radius 1 is 1.38 bits per heavy atom. The largest absolute Gasteiger partial charge is 0.495 e. The Labute approximate surface area is 95.9 Å². The number of benzene rings is 1. The molecule has 16 heavy (non-hydrogen) atoms. The first-order chi connectivity index (χ1) is 7.85. The molecule has 1 aromatic rings. The van der Waals surface area contributed by atoms with E-state index in [1.807, 2.05) is 12.1 Å². The third-order valence-electron chi connectivity index (χ3n) is 2.80. The van der Waals surface area contributed by atoms with Gasteiger partial charge in [0.2, 0.25) is 0 Å². The van der Waals surface area contributed by atoms with Gasteiger partial charge in [-0.1, -0.05) is 6.07 Å². The topological polar surface area (TPSA) is 42.5 Å². The van der Waals surface area contributed by atoms with Crippen LogP contribution in [0.5, 0.6) is 5.75 Å². The third-order valence-corrected chi connectivity index (χ3v) is 2.80. The predicted octanol–water partition coefficient (Wildman–Crippen LogP) is 1.94. The summed E-state index contributed by atoms with van der Waals surface area (Å²) in [6, 6.07) is 6.43. The zero-order valence-electron chi connectivity index (χ0n) is 9.75. The minimum Gasteiger partial charge on any atom is -0.495 e. The highest BCUT2D eigenvalue weighted by Gasteiger charge is 2.19. The summed E-state index contributed by atoms with van der Waals surface area (Å²) >= 11 is 0. The maximum absolute atomic E-state index is 5.30. The van der Waals surface area contributed by atoms with Gasteiger partial charge in [0.1, 0.15) is 11.4 Å². The first-order valence-corrected chi connectivity index (χ1v) is 5.51. The molecule has 1 aromatic carbocycles. The fraction of sp³-hybridized carbons (Fsp3) is 0.500. The van der Waals surface area contributed by atoms with Crippen LogP contribution in [0.3, 0.4) is 0 Å². The summed E-state index contributed by atoms with van der Waals surface area (Å²) in [5, 5.41) is 6.88. The second-order valence-electron chi connectivity index (χ2n) is 3.89. The van der Waals surface area contributed by atoms with Crippen molar-refractivity contribution in [3.05, 3.63) is 18.2 Å². The molecule has 2 rings (SSSR count). The summed E-state index contributed by atoms with van der Waals surface area (Å²) in [7, 11) is 3.42. The molecule has 0 saturated heterocycles. The molecule has 0 aliphatic carbocycles. The molecule has 1 atom stereocenters. The lowest BCUT2D eigenvalue weighted by molar-refractivity contribution is 0.190. The van der Waals surface area contributed by atoms with E-state index in [2.05, 4.69) is 16.7 Å². The molecular formula is C12H18N2O2. The van der Waals surface area contributed by atoms with Gasteiger partial charge in [-0.15, -0.1) is 0 Å². The predicted molar refractivity (Wildman–Crippen MR) is 65.4 cm³/mol. The van der Waals surface area contributed by atoms with Gasteiger partial charge in [-0.05, 0) is 18.6 Å². The normalized spacial score (nSPS) is 18.2. The summed E-state index contributed by atoms with van der Waals surface area (Å²) in [5.41, 5.74) is 2.16. The van der Waals surface area contributed by atoms with E-state index in [0.29, 0.717) is 6.04 Å². The van der Waals surface area contributed by atoms with Gasteiger partial charge in [0.25, 0.3) is 0 Å². The van der Waals surface area contributed by atoms with Crippen LogP contribution >= 0.6 is 0 Å². The standard InChI is InChI=1S/C12H18N2O2/c1-15-7-6-9-8-13-12-10(14-9)4-3-5-11(12)16-2/h3-5,9,13-14H,6-8H2,1-2H3. The SMILES string of the molecule is COCCC1CNc2c(cccc2OC)N1. The molecule has 4 nitrogen and oxygen atoms in total. The van der Waals surface area contributed by atoms with E-state index >= 15 is 0 Å². The van der Waals surface area contributed by atoms with E-state index in [0.717, 1.165) is 36.7 Å². The maximum atomic E-state index is 5.30. The van der Waals surface area contributed by atoms with E-state index in [1.54, 1.807) is 14.2 Å². The number of anilines is 2. The quantitative estimate of drug-likeness (QED) is 0.817. The Morgan fingerprint density at radius 2 is 2.25 bits per heavy atom. The van der Waals surface area contributed by atoms with Gasteiger partial charge in [-0.3, -0.25) is 0 Å². The Bertz CT molecular complexity index is 355. The smallest absolute Gasteiger partial charge is 0.144 e. The van der Waals surface area contributed by atoms with Gasteiger partial charge in [0.05, 0.1) is 12.8 Å². The van der Waals surface area contributed by atoms with Gasteiger partial charge in [-0.2, -0.15) is 0 Å². The van der Waals surface area contributed by atoms with E-state index in [4.69, 9.17) is 9.47 Å². The fourth-order valence-electron chi connectivity index (χ4n) is 1.93. The van der Waals surface area contributed by atoms with Crippen LogP contribution < -0.4 is 15.4 Å². The molecule has 1 aliphatic rings. The number of rotatable bonds is 4. The first-order valence-electron chi connectivity index (χ1n) is 5.51. The Morgan fingerprint density at radius 3 is 3.00 bits per heavy atom. The number of ether oxygens (including phenoxy) is 2. The van der Waals surface area contributed by atoms with Gasteiger partial charge < -0.3 is 20.1 Å². The molecule has 1 aliphatic heterocycles. The van der Waals surface area contributed by atoms with Crippen molar-refractivity contribution in [2.75, 3.05) is 38.0 Å². The molecule has 1 heterocycles. The Balaban J connectivity index is 2.09. The lowest BCUT2D eigenvalue weighted by atomic mass is 10.1. The molecule has 0 radical (unpaired) electrons. The summed E-state index contributed by atoms with van der Waals surface area (Å²) < 4.78 is 10.4.